The predicted octanol–water partition coefficient (Wildman–Crippen LogP) is 3.97. The molecule has 0 saturated heterocycles. The molecule has 24 heavy (non-hydrogen) atoms. The fraction of sp³-hybridized carbons (Fsp3) is 0.444. The number of hydrogen-bond acceptors (Lipinski definition) is 4. The number of amides is 1. The summed E-state index contributed by atoms with van der Waals surface area (Å²) in [5, 5.41) is 5.91. The monoisotopic (exact) mass is 367 g/mol. The van der Waals surface area contributed by atoms with E-state index in [4.69, 9.17) is 5.73 Å². The van der Waals surface area contributed by atoms with E-state index < -0.39 is 0 Å². The van der Waals surface area contributed by atoms with E-state index in [1.54, 1.807) is 0 Å². The second kappa shape index (κ2) is 10.4. The molecule has 0 radical (unpaired) electrons. The van der Waals surface area contributed by atoms with Crippen molar-refractivity contribution in [2.24, 2.45) is 11.7 Å². The Hall–Kier alpha value is -1.43. The van der Waals surface area contributed by atoms with Gasteiger partial charge in [-0.25, -0.2) is 4.98 Å². The van der Waals surface area contributed by atoms with Gasteiger partial charge in [0.15, 0.2) is 0 Å². The van der Waals surface area contributed by atoms with Crippen LogP contribution in [-0.2, 0) is 6.42 Å². The summed E-state index contributed by atoms with van der Waals surface area (Å²) in [6, 6.07) is 10.2. The number of thiazole rings is 1. The van der Waals surface area contributed by atoms with Crippen LogP contribution in [0.5, 0.6) is 0 Å². The molecule has 132 valence electrons. The lowest BCUT2D eigenvalue weighted by Crippen LogP contribution is -2.33. The van der Waals surface area contributed by atoms with Crippen molar-refractivity contribution in [1.82, 2.24) is 10.3 Å². The Balaban J connectivity index is 0.00000288. The third-order valence-corrected chi connectivity index (χ3v) is 5.02. The average molecular weight is 368 g/mol. The minimum atomic E-state index is -0.106. The van der Waals surface area contributed by atoms with Gasteiger partial charge in [-0.3, -0.25) is 4.79 Å². The SMILES string of the molecule is CCC(CC)C(NC(=O)c1csc(CCN)n1)c1ccccc1.Cl. The molecule has 2 rings (SSSR count). The van der Waals surface area contributed by atoms with E-state index in [1.807, 2.05) is 23.6 Å². The summed E-state index contributed by atoms with van der Waals surface area (Å²) >= 11 is 1.49. The maximum absolute atomic E-state index is 12.6. The first-order chi connectivity index (χ1) is 11.2. The molecule has 0 spiro atoms. The summed E-state index contributed by atoms with van der Waals surface area (Å²) in [6.45, 7) is 4.88. The summed E-state index contributed by atoms with van der Waals surface area (Å²) in [5.41, 5.74) is 7.18. The molecule has 0 aliphatic heterocycles. The summed E-state index contributed by atoms with van der Waals surface area (Å²) in [7, 11) is 0. The molecule has 1 heterocycles. The number of nitrogens with two attached hydrogens (primary N) is 1. The van der Waals surface area contributed by atoms with Crippen molar-refractivity contribution in [2.45, 2.75) is 39.2 Å². The molecule has 1 atom stereocenters. The van der Waals surface area contributed by atoms with Crippen molar-refractivity contribution in [3.63, 3.8) is 0 Å². The molecule has 3 N–H and O–H groups in total. The highest BCUT2D eigenvalue weighted by molar-refractivity contribution is 7.09. The first-order valence-electron chi connectivity index (χ1n) is 8.19. The topological polar surface area (TPSA) is 68.0 Å². The number of aromatic nitrogens is 1. The number of carbonyl (C=O) groups is 1. The molecule has 1 aromatic carbocycles. The summed E-state index contributed by atoms with van der Waals surface area (Å²) in [5.74, 6) is 0.300. The van der Waals surface area contributed by atoms with E-state index in [2.05, 4.69) is 36.3 Å². The Morgan fingerprint density at radius 3 is 2.50 bits per heavy atom. The number of nitrogens with one attached hydrogen (secondary N) is 1. The summed E-state index contributed by atoms with van der Waals surface area (Å²) in [6.07, 6.45) is 2.75. The van der Waals surface area contributed by atoms with Crippen LogP contribution in [0.3, 0.4) is 0 Å². The number of nitrogens with zero attached hydrogens (tertiary/aromatic N) is 1. The van der Waals surface area contributed by atoms with Crippen molar-refractivity contribution in [3.8, 4) is 0 Å². The zero-order valence-electron chi connectivity index (χ0n) is 14.2. The lowest BCUT2D eigenvalue weighted by atomic mass is 9.88. The molecule has 0 aliphatic rings. The fourth-order valence-corrected chi connectivity index (χ4v) is 3.56. The normalized spacial score (nSPS) is 11.8. The van der Waals surface area contributed by atoms with E-state index >= 15 is 0 Å². The Bertz CT molecular complexity index is 614. The van der Waals surface area contributed by atoms with Gasteiger partial charge < -0.3 is 11.1 Å². The number of rotatable bonds is 8. The van der Waals surface area contributed by atoms with Gasteiger partial charge in [0.1, 0.15) is 5.69 Å². The van der Waals surface area contributed by atoms with Crippen molar-refractivity contribution >= 4 is 29.7 Å². The van der Waals surface area contributed by atoms with E-state index in [1.165, 1.54) is 11.3 Å². The zero-order valence-corrected chi connectivity index (χ0v) is 15.8. The third kappa shape index (κ3) is 5.30. The molecule has 0 bridgehead atoms. The molecule has 1 amide bonds. The number of hydrogen-bond donors (Lipinski definition) is 2. The molecule has 1 unspecified atom stereocenters. The summed E-state index contributed by atoms with van der Waals surface area (Å²) in [4.78, 5) is 17.0. The smallest absolute Gasteiger partial charge is 0.271 e. The van der Waals surface area contributed by atoms with Crippen LogP contribution >= 0.6 is 23.7 Å². The molecule has 4 nitrogen and oxygen atoms in total. The van der Waals surface area contributed by atoms with E-state index in [0.29, 0.717) is 24.6 Å². The highest BCUT2D eigenvalue weighted by Gasteiger charge is 2.23. The molecular weight excluding hydrogens is 342 g/mol. The second-order valence-electron chi connectivity index (χ2n) is 5.60. The van der Waals surface area contributed by atoms with Crippen molar-refractivity contribution in [2.75, 3.05) is 6.54 Å². The first-order valence-corrected chi connectivity index (χ1v) is 9.07. The highest BCUT2D eigenvalue weighted by Crippen LogP contribution is 2.27. The number of halogens is 1. The van der Waals surface area contributed by atoms with E-state index in [0.717, 1.165) is 23.4 Å². The van der Waals surface area contributed by atoms with Crippen LogP contribution in [0, 0.1) is 5.92 Å². The third-order valence-electron chi connectivity index (χ3n) is 4.11. The lowest BCUT2D eigenvalue weighted by Gasteiger charge is -2.26. The lowest BCUT2D eigenvalue weighted by molar-refractivity contribution is 0.0915. The van der Waals surface area contributed by atoms with Crippen LogP contribution in [0.15, 0.2) is 35.7 Å². The van der Waals surface area contributed by atoms with Gasteiger partial charge in [0, 0.05) is 11.8 Å². The predicted molar refractivity (Wildman–Crippen MR) is 103 cm³/mol. The zero-order chi connectivity index (χ0) is 16.7. The van der Waals surface area contributed by atoms with Crippen LogP contribution in [0.25, 0.3) is 0 Å². The number of carbonyl (C=O) groups excluding carboxylic acids is 1. The largest absolute Gasteiger partial charge is 0.344 e. The minimum Gasteiger partial charge on any atom is -0.344 e. The van der Waals surface area contributed by atoms with E-state index in [-0.39, 0.29) is 24.4 Å². The Labute approximate surface area is 154 Å². The van der Waals surface area contributed by atoms with Gasteiger partial charge in [0.05, 0.1) is 11.0 Å². The van der Waals surface area contributed by atoms with Crippen LogP contribution in [-0.4, -0.2) is 17.4 Å². The van der Waals surface area contributed by atoms with Gasteiger partial charge >= 0.3 is 0 Å². The summed E-state index contributed by atoms with van der Waals surface area (Å²) < 4.78 is 0. The van der Waals surface area contributed by atoms with Gasteiger partial charge in [0.25, 0.3) is 5.91 Å². The van der Waals surface area contributed by atoms with Gasteiger partial charge in [-0.15, -0.1) is 23.7 Å². The first kappa shape index (κ1) is 20.6. The molecule has 0 fully saturated rings. The molecule has 0 saturated carbocycles. The molecule has 1 aromatic heterocycles. The molecule has 6 heteroatoms. The average Bonchev–Trinajstić information content (AvgIpc) is 3.05. The maximum atomic E-state index is 12.6. The van der Waals surface area contributed by atoms with Gasteiger partial charge in [-0.2, -0.15) is 0 Å². The van der Waals surface area contributed by atoms with Gasteiger partial charge in [0.2, 0.25) is 0 Å². The Morgan fingerprint density at radius 1 is 1.25 bits per heavy atom. The molecule has 0 aliphatic carbocycles. The maximum Gasteiger partial charge on any atom is 0.271 e. The fourth-order valence-electron chi connectivity index (χ4n) is 2.76. The van der Waals surface area contributed by atoms with E-state index in [9.17, 15) is 4.79 Å². The number of benzene rings is 1. The second-order valence-corrected chi connectivity index (χ2v) is 6.55. The van der Waals surface area contributed by atoms with Gasteiger partial charge in [-0.1, -0.05) is 57.0 Å². The van der Waals surface area contributed by atoms with Crippen LogP contribution in [0.4, 0.5) is 0 Å². The highest BCUT2D eigenvalue weighted by atomic mass is 35.5. The molecular formula is C18H26ClN3OS. The Kier molecular flexibility index (Phi) is 8.97. The minimum absolute atomic E-state index is 0. The van der Waals surface area contributed by atoms with Crippen molar-refractivity contribution < 1.29 is 4.79 Å². The standard InChI is InChI=1S/C18H25N3OS.ClH/c1-3-13(4-2)17(14-8-6-5-7-9-14)21-18(22)15-12-23-16(20-15)10-11-19;/h5-9,12-13,17H,3-4,10-11,19H2,1-2H3,(H,21,22);1H. The van der Waals surface area contributed by atoms with Crippen LogP contribution in [0.1, 0.15) is 53.8 Å². The quantitative estimate of drug-likeness (QED) is 0.741. The molecule has 2 aromatic rings. The van der Waals surface area contributed by atoms with Crippen LogP contribution in [0.2, 0.25) is 0 Å². The van der Waals surface area contributed by atoms with Crippen molar-refractivity contribution in [1.29, 1.82) is 0 Å². The van der Waals surface area contributed by atoms with Crippen molar-refractivity contribution in [3.05, 3.63) is 52.0 Å². The Morgan fingerprint density at radius 2 is 1.92 bits per heavy atom. The van der Waals surface area contributed by atoms with Gasteiger partial charge in [-0.05, 0) is 18.0 Å². The van der Waals surface area contributed by atoms with Crippen LogP contribution < -0.4 is 11.1 Å².